The van der Waals surface area contributed by atoms with Crippen molar-refractivity contribution in [3.05, 3.63) is 64.3 Å². The predicted octanol–water partition coefficient (Wildman–Crippen LogP) is 4.42. The number of para-hydroxylation sites is 1. The van der Waals surface area contributed by atoms with Crippen molar-refractivity contribution < 1.29 is 9.15 Å². The molecule has 0 saturated heterocycles. The van der Waals surface area contributed by atoms with Crippen LogP contribution in [0.2, 0.25) is 0 Å². The number of ether oxygens (including phenoxy) is 1. The van der Waals surface area contributed by atoms with Gasteiger partial charge in [0, 0.05) is 0 Å². The smallest absolute Gasteiger partial charge is 0.201 e. The van der Waals surface area contributed by atoms with E-state index in [1.807, 2.05) is 31.2 Å². The molecule has 4 aromatic rings. The summed E-state index contributed by atoms with van der Waals surface area (Å²) < 4.78 is 11.3. The average Bonchev–Trinajstić information content (AvgIpc) is 2.54. The topological polar surface area (TPSA) is 39.4 Å². The Kier molecular flexibility index (Phi) is 2.70. The molecule has 0 atom stereocenters. The molecule has 1 aromatic heterocycles. The van der Waals surface area contributed by atoms with Gasteiger partial charge in [0.2, 0.25) is 5.43 Å². The predicted molar refractivity (Wildman–Crippen MR) is 88.8 cm³/mol. The summed E-state index contributed by atoms with van der Waals surface area (Å²) in [5.41, 5.74) is 2.22. The number of hydrogen-bond acceptors (Lipinski definition) is 3. The second kappa shape index (κ2) is 4.60. The van der Waals surface area contributed by atoms with Crippen LogP contribution in [0.4, 0.5) is 0 Å². The summed E-state index contributed by atoms with van der Waals surface area (Å²) in [5.74, 6) is 0.570. The van der Waals surface area contributed by atoms with Crippen LogP contribution in [0, 0.1) is 6.92 Å². The number of benzene rings is 3. The molecule has 0 unspecified atom stereocenters. The van der Waals surface area contributed by atoms with Crippen molar-refractivity contribution in [3.8, 4) is 5.75 Å². The summed E-state index contributed by atoms with van der Waals surface area (Å²) in [5, 5.41) is 3.13. The molecule has 22 heavy (non-hydrogen) atoms. The highest BCUT2D eigenvalue weighted by Crippen LogP contribution is 2.30. The SMILES string of the molecule is COc1cccc2c(=O)c3c(ccc4cc(C)ccc43)oc12. The Labute approximate surface area is 126 Å². The zero-order valence-corrected chi connectivity index (χ0v) is 12.3. The van der Waals surface area contributed by atoms with Crippen molar-refractivity contribution in [1.29, 1.82) is 0 Å². The Bertz CT molecular complexity index is 1090. The molecule has 1 heterocycles. The van der Waals surface area contributed by atoms with Gasteiger partial charge in [-0.15, -0.1) is 0 Å². The molecular formula is C19H14O3. The van der Waals surface area contributed by atoms with Crippen molar-refractivity contribution in [2.75, 3.05) is 7.11 Å². The van der Waals surface area contributed by atoms with E-state index in [9.17, 15) is 4.79 Å². The van der Waals surface area contributed by atoms with E-state index in [1.165, 1.54) is 5.56 Å². The Morgan fingerprint density at radius 1 is 1.00 bits per heavy atom. The van der Waals surface area contributed by atoms with Gasteiger partial charge in [-0.25, -0.2) is 0 Å². The molecule has 3 aromatic carbocycles. The van der Waals surface area contributed by atoms with Crippen LogP contribution in [0.5, 0.6) is 5.75 Å². The summed E-state index contributed by atoms with van der Waals surface area (Å²) in [6.45, 7) is 2.04. The molecule has 3 nitrogen and oxygen atoms in total. The van der Waals surface area contributed by atoms with Gasteiger partial charge < -0.3 is 9.15 Å². The van der Waals surface area contributed by atoms with Gasteiger partial charge >= 0.3 is 0 Å². The molecule has 108 valence electrons. The molecule has 0 aliphatic carbocycles. The first-order valence-electron chi connectivity index (χ1n) is 7.12. The van der Waals surface area contributed by atoms with Crippen LogP contribution >= 0.6 is 0 Å². The minimum absolute atomic E-state index is 0.0235. The van der Waals surface area contributed by atoms with E-state index in [-0.39, 0.29) is 5.43 Å². The third kappa shape index (κ3) is 1.72. The van der Waals surface area contributed by atoms with Gasteiger partial charge in [0.25, 0.3) is 0 Å². The van der Waals surface area contributed by atoms with Crippen LogP contribution in [0.15, 0.2) is 57.7 Å². The molecule has 0 aliphatic heterocycles. The molecule has 0 radical (unpaired) electrons. The normalized spacial score (nSPS) is 11.4. The first-order chi connectivity index (χ1) is 10.7. The second-order valence-corrected chi connectivity index (χ2v) is 5.43. The Hall–Kier alpha value is -2.81. The third-order valence-electron chi connectivity index (χ3n) is 4.02. The highest BCUT2D eigenvalue weighted by atomic mass is 16.5. The second-order valence-electron chi connectivity index (χ2n) is 5.43. The van der Waals surface area contributed by atoms with Crippen molar-refractivity contribution in [2.45, 2.75) is 6.92 Å². The summed E-state index contributed by atoms with van der Waals surface area (Å²) >= 11 is 0. The van der Waals surface area contributed by atoms with Crippen molar-refractivity contribution in [2.24, 2.45) is 0 Å². The fourth-order valence-electron chi connectivity index (χ4n) is 2.95. The van der Waals surface area contributed by atoms with E-state index in [4.69, 9.17) is 9.15 Å². The fraction of sp³-hybridized carbons (Fsp3) is 0.105. The van der Waals surface area contributed by atoms with Gasteiger partial charge in [-0.2, -0.15) is 0 Å². The minimum atomic E-state index is -0.0235. The highest BCUT2D eigenvalue weighted by molar-refractivity contribution is 6.08. The molecule has 0 bridgehead atoms. The Morgan fingerprint density at radius 3 is 2.68 bits per heavy atom. The first-order valence-corrected chi connectivity index (χ1v) is 7.12. The molecule has 0 N–H and O–H groups in total. The minimum Gasteiger partial charge on any atom is -0.493 e. The van der Waals surface area contributed by atoms with E-state index in [0.29, 0.717) is 27.7 Å². The number of methoxy groups -OCH3 is 1. The zero-order valence-electron chi connectivity index (χ0n) is 12.3. The number of fused-ring (bicyclic) bond motifs is 4. The highest BCUT2D eigenvalue weighted by Gasteiger charge is 2.13. The van der Waals surface area contributed by atoms with E-state index >= 15 is 0 Å². The van der Waals surface area contributed by atoms with E-state index in [1.54, 1.807) is 25.3 Å². The van der Waals surface area contributed by atoms with Crippen molar-refractivity contribution in [3.63, 3.8) is 0 Å². The van der Waals surface area contributed by atoms with Crippen molar-refractivity contribution >= 4 is 32.7 Å². The number of aryl methyl sites for hydroxylation is 1. The average molecular weight is 290 g/mol. The fourth-order valence-corrected chi connectivity index (χ4v) is 2.95. The zero-order chi connectivity index (χ0) is 15.3. The van der Waals surface area contributed by atoms with Crippen LogP contribution in [0.25, 0.3) is 32.7 Å². The lowest BCUT2D eigenvalue weighted by molar-refractivity contribution is 0.411. The Morgan fingerprint density at radius 2 is 1.86 bits per heavy atom. The Balaban J connectivity index is 2.27. The van der Waals surface area contributed by atoms with Gasteiger partial charge in [-0.05, 0) is 35.9 Å². The van der Waals surface area contributed by atoms with Crippen molar-refractivity contribution in [1.82, 2.24) is 0 Å². The lowest BCUT2D eigenvalue weighted by atomic mass is 10.0. The van der Waals surface area contributed by atoms with Crippen LogP contribution in [-0.4, -0.2) is 7.11 Å². The summed E-state index contributed by atoms with van der Waals surface area (Å²) in [6, 6.07) is 15.3. The number of hydrogen-bond donors (Lipinski definition) is 0. The van der Waals surface area contributed by atoms with Crippen LogP contribution in [0.3, 0.4) is 0 Å². The van der Waals surface area contributed by atoms with Gasteiger partial charge in [0.15, 0.2) is 11.3 Å². The maximum atomic E-state index is 12.9. The maximum absolute atomic E-state index is 12.9. The molecule has 3 heteroatoms. The standard InChI is InChI=1S/C19H14O3/c1-11-6-8-13-12(10-11)7-9-15-17(13)18(20)14-4-3-5-16(21-2)19(14)22-15/h3-10H,1-2H3. The largest absolute Gasteiger partial charge is 0.493 e. The maximum Gasteiger partial charge on any atom is 0.201 e. The van der Waals surface area contributed by atoms with Gasteiger partial charge in [-0.3, -0.25) is 4.79 Å². The molecule has 4 rings (SSSR count). The first kappa shape index (κ1) is 12.9. The van der Waals surface area contributed by atoms with Crippen LogP contribution in [0.1, 0.15) is 5.56 Å². The van der Waals surface area contributed by atoms with Crippen LogP contribution in [-0.2, 0) is 0 Å². The summed E-state index contributed by atoms with van der Waals surface area (Å²) in [6.07, 6.45) is 0. The monoisotopic (exact) mass is 290 g/mol. The molecular weight excluding hydrogens is 276 g/mol. The van der Waals surface area contributed by atoms with Crippen LogP contribution < -0.4 is 10.2 Å². The molecule has 0 fully saturated rings. The van der Waals surface area contributed by atoms with E-state index in [0.717, 1.165) is 10.8 Å². The van der Waals surface area contributed by atoms with Gasteiger partial charge in [0.05, 0.1) is 17.9 Å². The van der Waals surface area contributed by atoms with Gasteiger partial charge in [0.1, 0.15) is 5.58 Å². The van der Waals surface area contributed by atoms with Gasteiger partial charge in [-0.1, -0.05) is 35.9 Å². The third-order valence-corrected chi connectivity index (χ3v) is 4.02. The quantitative estimate of drug-likeness (QED) is 0.385. The molecule has 0 spiro atoms. The molecule has 0 saturated carbocycles. The lowest BCUT2D eigenvalue weighted by Crippen LogP contribution is -2.03. The van der Waals surface area contributed by atoms with E-state index in [2.05, 4.69) is 6.07 Å². The molecule has 0 amide bonds. The summed E-state index contributed by atoms with van der Waals surface area (Å²) in [4.78, 5) is 12.9. The lowest BCUT2D eigenvalue weighted by Gasteiger charge is -2.08. The summed E-state index contributed by atoms with van der Waals surface area (Å²) in [7, 11) is 1.57. The number of rotatable bonds is 1. The van der Waals surface area contributed by atoms with E-state index < -0.39 is 0 Å². The molecule has 0 aliphatic rings.